The van der Waals surface area contributed by atoms with Gasteiger partial charge in [-0.15, -0.1) is 0 Å². The first-order valence-corrected chi connectivity index (χ1v) is 17.7. The maximum atomic E-state index is 13.9. The van der Waals surface area contributed by atoms with Gasteiger partial charge in [-0.2, -0.15) is 0 Å². The molecule has 6 rings (SSSR count). The molecule has 0 bridgehead atoms. The van der Waals surface area contributed by atoms with E-state index in [1.54, 1.807) is 36.2 Å². The number of anilines is 2. The monoisotopic (exact) mass is 607 g/mol. The van der Waals surface area contributed by atoms with E-state index in [4.69, 9.17) is 9.47 Å². The average molecular weight is 608 g/mol. The predicted molar refractivity (Wildman–Crippen MR) is 158 cm³/mol. The van der Waals surface area contributed by atoms with Crippen LogP contribution in [0, 0.1) is 5.92 Å². The van der Waals surface area contributed by atoms with Crippen molar-refractivity contribution in [1.82, 2.24) is 4.90 Å². The molecule has 0 aliphatic carbocycles. The fourth-order valence-electron chi connectivity index (χ4n) is 7.55. The topological polar surface area (TPSA) is 146 Å². The molecule has 0 radical (unpaired) electrons. The van der Waals surface area contributed by atoms with Crippen LogP contribution in [0.15, 0.2) is 42.5 Å². The van der Waals surface area contributed by atoms with Gasteiger partial charge in [0.1, 0.15) is 0 Å². The smallest absolute Gasteiger partial charge is 0.304 e. The number of ether oxygens (including phenoxy) is 2. The van der Waals surface area contributed by atoms with Crippen LogP contribution in [0.4, 0.5) is 11.4 Å². The van der Waals surface area contributed by atoms with E-state index < -0.39 is 49.6 Å². The number of amides is 3. The van der Waals surface area contributed by atoms with Crippen molar-refractivity contribution in [3.05, 3.63) is 59.2 Å². The van der Waals surface area contributed by atoms with Crippen LogP contribution in [0.2, 0.25) is 18.6 Å². The van der Waals surface area contributed by atoms with E-state index in [1.165, 1.54) is 11.8 Å². The third-order valence-corrected chi connectivity index (χ3v) is 12.0. The number of esters is 1. The number of β-lactam (4-membered cyclic amide) rings is 1. The lowest BCUT2D eigenvalue weighted by molar-refractivity contribution is -0.154. The molecular weight excluding hydrogens is 570 g/mol. The molecule has 43 heavy (non-hydrogen) atoms. The summed E-state index contributed by atoms with van der Waals surface area (Å²) in [5, 5.41) is 13.1. The van der Waals surface area contributed by atoms with Crippen LogP contribution in [0.25, 0.3) is 0 Å². The molecule has 228 valence electrons. The number of benzene rings is 2. The summed E-state index contributed by atoms with van der Waals surface area (Å²) in [7, 11) is -3.01. The molecule has 12 heteroatoms. The summed E-state index contributed by atoms with van der Waals surface area (Å²) in [6.45, 7) is 6.90. The van der Waals surface area contributed by atoms with Gasteiger partial charge in [-0.25, -0.2) is 0 Å². The van der Waals surface area contributed by atoms with Crippen LogP contribution < -0.4 is 10.2 Å². The Morgan fingerprint density at radius 3 is 2.51 bits per heavy atom. The summed E-state index contributed by atoms with van der Waals surface area (Å²) in [6, 6.07) is 12.5. The quantitative estimate of drug-likeness (QED) is 0.258. The van der Waals surface area contributed by atoms with Gasteiger partial charge in [0, 0.05) is 41.9 Å². The van der Waals surface area contributed by atoms with Crippen LogP contribution in [-0.4, -0.2) is 71.8 Å². The van der Waals surface area contributed by atoms with Gasteiger partial charge in [0.15, 0.2) is 20.1 Å². The van der Waals surface area contributed by atoms with Crippen molar-refractivity contribution in [2.24, 2.45) is 5.92 Å². The molecule has 0 saturated carbocycles. The standard InChI is InChI=1S/C31H37N3O8Si/c1-17-29(43(3,4)40)25(13-26(37)33-15-20-8-6-5-7-19(20)11-22(33)16-35)42-31(17)23-12-21(9-10-24(23)32-30(31)39)34-27(38)14-28(34)41-18(2)36/h5-10,12,17,22,25,28-29,35,40H,11,13-16H2,1-4H3,(H,32,39)/t17-,22-,25+,28?,29-,31+/m0/s1. The Morgan fingerprint density at radius 1 is 1.14 bits per heavy atom. The van der Waals surface area contributed by atoms with Crippen molar-refractivity contribution in [2.75, 3.05) is 16.8 Å². The molecule has 4 aliphatic heterocycles. The van der Waals surface area contributed by atoms with Gasteiger partial charge < -0.3 is 29.6 Å². The summed E-state index contributed by atoms with van der Waals surface area (Å²) < 4.78 is 12.0. The Bertz CT molecular complexity index is 1510. The second-order valence-electron chi connectivity index (χ2n) is 12.6. The molecule has 0 aromatic heterocycles. The summed E-state index contributed by atoms with van der Waals surface area (Å²) in [5.41, 5.74) is 1.65. The van der Waals surface area contributed by atoms with Crippen molar-refractivity contribution < 1.29 is 38.6 Å². The molecule has 3 amide bonds. The SMILES string of the molecule is CC(=O)OC1CC(=O)N1c1ccc2c(c1)[C@@]1(O[C@H](CC(=O)N3Cc4ccccc4C[C@H]3CO)[C@@H]([Si](C)(C)O)[C@@H]1C)C(=O)N2. The van der Waals surface area contributed by atoms with E-state index >= 15 is 0 Å². The minimum absolute atomic E-state index is 0.0617. The van der Waals surface area contributed by atoms with E-state index in [-0.39, 0.29) is 37.3 Å². The van der Waals surface area contributed by atoms with Crippen LogP contribution in [0.3, 0.4) is 0 Å². The van der Waals surface area contributed by atoms with Gasteiger partial charge in [-0.05, 0) is 48.8 Å². The molecule has 4 heterocycles. The Kier molecular flexibility index (Phi) is 7.23. The minimum atomic E-state index is -3.01. The van der Waals surface area contributed by atoms with Crippen LogP contribution in [-0.2, 0) is 47.2 Å². The molecule has 2 saturated heterocycles. The molecule has 3 N–H and O–H groups in total. The first-order valence-electron chi connectivity index (χ1n) is 14.7. The fraction of sp³-hybridized carbons (Fsp3) is 0.484. The predicted octanol–water partition coefficient (Wildman–Crippen LogP) is 2.40. The maximum absolute atomic E-state index is 13.9. The summed E-state index contributed by atoms with van der Waals surface area (Å²) in [5.74, 6) is -1.83. The van der Waals surface area contributed by atoms with Crippen molar-refractivity contribution in [1.29, 1.82) is 0 Å². The highest BCUT2D eigenvalue weighted by Gasteiger charge is 2.65. The normalized spacial score (nSPS) is 29.7. The zero-order valence-electron chi connectivity index (χ0n) is 24.7. The molecule has 6 atom stereocenters. The Hall–Kier alpha value is -3.58. The van der Waals surface area contributed by atoms with Crippen LogP contribution >= 0.6 is 0 Å². The molecule has 2 aromatic rings. The number of hydrogen-bond acceptors (Lipinski definition) is 8. The maximum Gasteiger partial charge on any atom is 0.304 e. The first kappa shape index (κ1) is 29.5. The highest BCUT2D eigenvalue weighted by Crippen LogP contribution is 2.59. The van der Waals surface area contributed by atoms with E-state index in [0.29, 0.717) is 29.9 Å². The summed E-state index contributed by atoms with van der Waals surface area (Å²) in [4.78, 5) is 66.3. The van der Waals surface area contributed by atoms with Crippen LogP contribution in [0.1, 0.15) is 43.4 Å². The number of aliphatic hydroxyl groups excluding tert-OH is 1. The largest absolute Gasteiger partial charge is 0.441 e. The number of rotatable bonds is 6. The minimum Gasteiger partial charge on any atom is -0.441 e. The molecule has 2 aromatic carbocycles. The lowest BCUT2D eigenvalue weighted by atomic mass is 9.82. The Labute approximate surface area is 250 Å². The average Bonchev–Trinajstić information content (AvgIpc) is 3.39. The molecule has 1 unspecified atom stereocenters. The number of hydrogen-bond donors (Lipinski definition) is 3. The van der Waals surface area contributed by atoms with E-state index in [1.807, 2.05) is 31.2 Å². The van der Waals surface area contributed by atoms with Gasteiger partial charge in [-0.3, -0.25) is 24.1 Å². The Balaban J connectivity index is 1.33. The number of nitrogens with zero attached hydrogens (tertiary/aromatic N) is 2. The van der Waals surface area contributed by atoms with E-state index in [9.17, 15) is 29.1 Å². The highest BCUT2D eigenvalue weighted by atomic mass is 28.4. The Morgan fingerprint density at radius 2 is 1.86 bits per heavy atom. The molecule has 11 nitrogen and oxygen atoms in total. The number of nitrogens with one attached hydrogen (secondary N) is 1. The van der Waals surface area contributed by atoms with Gasteiger partial charge in [0.25, 0.3) is 5.91 Å². The lowest BCUT2D eigenvalue weighted by Gasteiger charge is -2.39. The van der Waals surface area contributed by atoms with Gasteiger partial charge in [-0.1, -0.05) is 31.2 Å². The van der Waals surface area contributed by atoms with E-state index in [2.05, 4.69) is 5.32 Å². The van der Waals surface area contributed by atoms with Gasteiger partial charge in [0.05, 0.1) is 31.6 Å². The zero-order valence-corrected chi connectivity index (χ0v) is 25.7. The lowest BCUT2D eigenvalue weighted by Crippen LogP contribution is -2.55. The zero-order chi connectivity index (χ0) is 30.8. The van der Waals surface area contributed by atoms with Crippen molar-refractivity contribution in [3.8, 4) is 0 Å². The summed E-state index contributed by atoms with van der Waals surface area (Å²) in [6.07, 6.45) is -0.949. The van der Waals surface area contributed by atoms with Gasteiger partial charge >= 0.3 is 5.97 Å². The number of fused-ring (bicyclic) bond motifs is 3. The van der Waals surface area contributed by atoms with E-state index in [0.717, 1.165) is 11.1 Å². The molecule has 4 aliphatic rings. The molecular formula is C31H37N3O8Si. The highest BCUT2D eigenvalue weighted by molar-refractivity contribution is 6.71. The number of carbonyl (C=O) groups is 4. The van der Waals surface area contributed by atoms with Crippen molar-refractivity contribution in [3.63, 3.8) is 0 Å². The second-order valence-corrected chi connectivity index (χ2v) is 16.6. The summed E-state index contributed by atoms with van der Waals surface area (Å²) >= 11 is 0. The second kappa shape index (κ2) is 10.5. The third kappa shape index (κ3) is 4.76. The van der Waals surface area contributed by atoms with Crippen molar-refractivity contribution in [2.45, 2.75) is 82.3 Å². The fourth-order valence-corrected chi connectivity index (χ4v) is 10.1. The third-order valence-electron chi connectivity index (χ3n) is 9.47. The molecule has 2 fully saturated rings. The first-order chi connectivity index (χ1) is 20.3. The number of aliphatic hydroxyl groups is 1. The van der Waals surface area contributed by atoms with Gasteiger partial charge in [0.2, 0.25) is 11.8 Å². The molecule has 1 spiro atoms. The van der Waals surface area contributed by atoms with Crippen LogP contribution in [0.5, 0.6) is 0 Å². The number of carbonyl (C=O) groups excluding carboxylic acids is 4. The van der Waals surface area contributed by atoms with Crippen molar-refractivity contribution >= 4 is 43.4 Å².